The number of nitrogens with zero attached hydrogens (tertiary/aromatic N) is 2. The van der Waals surface area contributed by atoms with Crippen LogP contribution in [0.25, 0.3) is 16.7 Å². The zero-order chi connectivity index (χ0) is 11.8. The molecule has 0 bridgehead atoms. The number of hydrogen-bond donors (Lipinski definition) is 0. The third-order valence-electron chi connectivity index (χ3n) is 2.99. The number of imidazole rings is 1. The van der Waals surface area contributed by atoms with Crippen molar-refractivity contribution in [2.75, 3.05) is 0 Å². The molecule has 2 aromatic carbocycles. The SMILES string of the molecule is Cc1ccc2c(c1)nc(C)n2-c1ccccc1. The summed E-state index contributed by atoms with van der Waals surface area (Å²) in [6.07, 6.45) is 0. The van der Waals surface area contributed by atoms with E-state index in [9.17, 15) is 0 Å². The highest BCUT2D eigenvalue weighted by Gasteiger charge is 2.08. The molecule has 0 amide bonds. The second-order valence-corrected chi connectivity index (χ2v) is 4.32. The molecule has 1 aromatic heterocycles. The van der Waals surface area contributed by atoms with E-state index in [-0.39, 0.29) is 0 Å². The standard InChI is InChI=1S/C15H14N2/c1-11-8-9-15-14(10-11)16-12(2)17(15)13-6-4-3-5-7-13/h3-10H,1-2H3. The molecule has 3 aromatic rings. The van der Waals surface area contributed by atoms with E-state index < -0.39 is 0 Å². The summed E-state index contributed by atoms with van der Waals surface area (Å²) < 4.78 is 2.19. The molecule has 0 unspecified atom stereocenters. The lowest BCUT2D eigenvalue weighted by Crippen LogP contribution is -1.95. The molecule has 2 heteroatoms. The van der Waals surface area contributed by atoms with Crippen LogP contribution in [0.15, 0.2) is 48.5 Å². The lowest BCUT2D eigenvalue weighted by atomic mass is 10.2. The maximum Gasteiger partial charge on any atom is 0.111 e. The molecule has 0 saturated heterocycles. The molecule has 0 N–H and O–H groups in total. The van der Waals surface area contributed by atoms with Gasteiger partial charge in [-0.15, -0.1) is 0 Å². The lowest BCUT2D eigenvalue weighted by molar-refractivity contribution is 1.00. The number of benzene rings is 2. The summed E-state index contributed by atoms with van der Waals surface area (Å²) in [6.45, 7) is 4.14. The quantitative estimate of drug-likeness (QED) is 0.614. The summed E-state index contributed by atoms with van der Waals surface area (Å²) in [6, 6.07) is 16.7. The first kappa shape index (κ1) is 10.1. The van der Waals surface area contributed by atoms with Gasteiger partial charge in [0.1, 0.15) is 5.82 Å². The van der Waals surface area contributed by atoms with Gasteiger partial charge in [-0.25, -0.2) is 4.98 Å². The van der Waals surface area contributed by atoms with Crippen molar-refractivity contribution in [2.45, 2.75) is 13.8 Å². The number of fused-ring (bicyclic) bond motifs is 1. The average Bonchev–Trinajstić information content (AvgIpc) is 2.65. The fourth-order valence-corrected chi connectivity index (χ4v) is 2.21. The Labute approximate surface area is 101 Å². The molecule has 2 nitrogen and oxygen atoms in total. The van der Waals surface area contributed by atoms with Crippen molar-refractivity contribution in [3.63, 3.8) is 0 Å². The number of aromatic nitrogens is 2. The highest BCUT2D eigenvalue weighted by Crippen LogP contribution is 2.21. The van der Waals surface area contributed by atoms with Gasteiger partial charge in [-0.3, -0.25) is 4.57 Å². The fourth-order valence-electron chi connectivity index (χ4n) is 2.21. The second-order valence-electron chi connectivity index (χ2n) is 4.32. The first-order valence-electron chi connectivity index (χ1n) is 5.77. The van der Waals surface area contributed by atoms with E-state index in [4.69, 9.17) is 0 Å². The molecule has 0 atom stereocenters. The van der Waals surface area contributed by atoms with Crippen molar-refractivity contribution in [2.24, 2.45) is 0 Å². The van der Waals surface area contributed by atoms with E-state index in [1.165, 1.54) is 11.1 Å². The van der Waals surface area contributed by atoms with E-state index in [1.807, 2.05) is 13.0 Å². The molecular weight excluding hydrogens is 208 g/mol. The molecule has 84 valence electrons. The van der Waals surface area contributed by atoms with Crippen LogP contribution in [0.5, 0.6) is 0 Å². The van der Waals surface area contributed by atoms with E-state index in [1.54, 1.807) is 0 Å². The lowest BCUT2D eigenvalue weighted by Gasteiger charge is -2.06. The summed E-state index contributed by atoms with van der Waals surface area (Å²) in [5, 5.41) is 0. The molecule has 0 aliphatic carbocycles. The molecule has 0 spiro atoms. The molecular formula is C15H14N2. The maximum absolute atomic E-state index is 4.61. The molecule has 0 fully saturated rings. The summed E-state index contributed by atoms with van der Waals surface area (Å²) in [4.78, 5) is 4.61. The Kier molecular flexibility index (Phi) is 2.22. The summed E-state index contributed by atoms with van der Waals surface area (Å²) in [7, 11) is 0. The third kappa shape index (κ3) is 1.62. The van der Waals surface area contributed by atoms with Crippen LogP contribution >= 0.6 is 0 Å². The van der Waals surface area contributed by atoms with Gasteiger partial charge in [-0.1, -0.05) is 24.3 Å². The van der Waals surface area contributed by atoms with Crippen LogP contribution in [0.1, 0.15) is 11.4 Å². The second kappa shape index (κ2) is 3.74. The molecule has 0 radical (unpaired) electrons. The van der Waals surface area contributed by atoms with Crippen LogP contribution < -0.4 is 0 Å². The molecule has 0 saturated carbocycles. The minimum atomic E-state index is 1.02. The fraction of sp³-hybridized carbons (Fsp3) is 0.133. The van der Waals surface area contributed by atoms with Crippen LogP contribution in [0.2, 0.25) is 0 Å². The number of rotatable bonds is 1. The zero-order valence-electron chi connectivity index (χ0n) is 10.0. The van der Waals surface area contributed by atoms with E-state index in [0.29, 0.717) is 0 Å². The predicted molar refractivity (Wildman–Crippen MR) is 70.5 cm³/mol. The van der Waals surface area contributed by atoms with Crippen LogP contribution in [-0.2, 0) is 0 Å². The van der Waals surface area contributed by atoms with Crippen molar-refractivity contribution >= 4 is 11.0 Å². The number of para-hydroxylation sites is 1. The van der Waals surface area contributed by atoms with E-state index in [0.717, 1.165) is 17.0 Å². The highest BCUT2D eigenvalue weighted by atomic mass is 15.1. The van der Waals surface area contributed by atoms with Gasteiger partial charge >= 0.3 is 0 Å². The molecule has 0 aliphatic heterocycles. The normalized spacial score (nSPS) is 10.9. The summed E-state index contributed by atoms with van der Waals surface area (Å²) in [5.41, 5.74) is 4.64. The van der Waals surface area contributed by atoms with Crippen LogP contribution in [0, 0.1) is 13.8 Å². The van der Waals surface area contributed by atoms with Crippen molar-refractivity contribution in [3.8, 4) is 5.69 Å². The van der Waals surface area contributed by atoms with Crippen LogP contribution in [-0.4, -0.2) is 9.55 Å². The van der Waals surface area contributed by atoms with Gasteiger partial charge in [0.25, 0.3) is 0 Å². The first-order valence-corrected chi connectivity index (χ1v) is 5.77. The Morgan fingerprint density at radius 1 is 0.941 bits per heavy atom. The topological polar surface area (TPSA) is 17.8 Å². The predicted octanol–water partition coefficient (Wildman–Crippen LogP) is 3.64. The van der Waals surface area contributed by atoms with E-state index in [2.05, 4.69) is 58.9 Å². The minimum Gasteiger partial charge on any atom is -0.297 e. The third-order valence-corrected chi connectivity index (χ3v) is 2.99. The van der Waals surface area contributed by atoms with Crippen molar-refractivity contribution in [1.29, 1.82) is 0 Å². The van der Waals surface area contributed by atoms with E-state index >= 15 is 0 Å². The Morgan fingerprint density at radius 2 is 1.71 bits per heavy atom. The molecule has 3 rings (SSSR count). The van der Waals surface area contributed by atoms with Crippen molar-refractivity contribution < 1.29 is 0 Å². The Hall–Kier alpha value is -2.09. The molecule has 1 heterocycles. The van der Waals surface area contributed by atoms with Gasteiger partial charge in [0.15, 0.2) is 0 Å². The molecule has 0 aliphatic rings. The van der Waals surface area contributed by atoms with Crippen molar-refractivity contribution in [1.82, 2.24) is 9.55 Å². The average molecular weight is 222 g/mol. The molecule has 17 heavy (non-hydrogen) atoms. The number of aryl methyl sites for hydroxylation is 2. The van der Waals surface area contributed by atoms with Gasteiger partial charge in [0.05, 0.1) is 11.0 Å². The minimum absolute atomic E-state index is 1.02. The van der Waals surface area contributed by atoms with Gasteiger partial charge in [-0.05, 0) is 43.7 Å². The largest absolute Gasteiger partial charge is 0.297 e. The van der Waals surface area contributed by atoms with Crippen LogP contribution in [0.4, 0.5) is 0 Å². The van der Waals surface area contributed by atoms with Gasteiger partial charge in [0, 0.05) is 5.69 Å². The summed E-state index contributed by atoms with van der Waals surface area (Å²) >= 11 is 0. The Morgan fingerprint density at radius 3 is 2.47 bits per heavy atom. The maximum atomic E-state index is 4.61. The Bertz CT molecular complexity index is 666. The number of hydrogen-bond acceptors (Lipinski definition) is 1. The van der Waals surface area contributed by atoms with Gasteiger partial charge in [0.2, 0.25) is 0 Å². The van der Waals surface area contributed by atoms with Crippen molar-refractivity contribution in [3.05, 3.63) is 59.9 Å². The zero-order valence-corrected chi connectivity index (χ0v) is 10.0. The smallest absolute Gasteiger partial charge is 0.111 e. The van der Waals surface area contributed by atoms with Gasteiger partial charge in [-0.2, -0.15) is 0 Å². The van der Waals surface area contributed by atoms with Crippen LogP contribution in [0.3, 0.4) is 0 Å². The first-order chi connectivity index (χ1) is 8.25. The summed E-state index contributed by atoms with van der Waals surface area (Å²) in [5.74, 6) is 1.02. The monoisotopic (exact) mass is 222 g/mol. The Balaban J connectivity index is 2.33. The van der Waals surface area contributed by atoms with Gasteiger partial charge < -0.3 is 0 Å². The highest BCUT2D eigenvalue weighted by molar-refractivity contribution is 5.79.